The van der Waals surface area contributed by atoms with E-state index in [1.165, 1.54) is 36.6 Å². The topological polar surface area (TPSA) is 92.6 Å². The number of hydrogen-bond donors (Lipinski definition) is 1. The Hall–Kier alpha value is -1.67. The SMILES string of the molecule is CCC(CC)N(C)S(=O)(=O)c1cccc(NC)c1[N+](=O)[O-]. The number of para-hydroxylation sites is 1. The molecule has 0 heterocycles. The van der Waals surface area contributed by atoms with E-state index in [1.807, 2.05) is 13.8 Å². The molecule has 0 aliphatic heterocycles. The van der Waals surface area contributed by atoms with Crippen molar-refractivity contribution in [3.8, 4) is 0 Å². The number of nitrogens with one attached hydrogen (secondary N) is 1. The molecule has 21 heavy (non-hydrogen) atoms. The van der Waals surface area contributed by atoms with Crippen molar-refractivity contribution in [1.29, 1.82) is 0 Å². The van der Waals surface area contributed by atoms with Crippen molar-refractivity contribution in [1.82, 2.24) is 4.31 Å². The molecular weight excluding hydrogens is 294 g/mol. The third-order valence-electron chi connectivity index (χ3n) is 3.56. The lowest BCUT2D eigenvalue weighted by molar-refractivity contribution is -0.386. The summed E-state index contributed by atoms with van der Waals surface area (Å²) < 4.78 is 26.6. The molecule has 0 saturated carbocycles. The first-order valence-corrected chi connectivity index (χ1v) is 8.18. The van der Waals surface area contributed by atoms with Crippen LogP contribution in [0.3, 0.4) is 0 Å². The van der Waals surface area contributed by atoms with Gasteiger partial charge in [-0.3, -0.25) is 10.1 Å². The third kappa shape index (κ3) is 3.33. The van der Waals surface area contributed by atoms with Crippen molar-refractivity contribution in [2.75, 3.05) is 19.4 Å². The van der Waals surface area contributed by atoms with E-state index in [1.54, 1.807) is 0 Å². The van der Waals surface area contributed by atoms with Gasteiger partial charge in [-0.05, 0) is 25.0 Å². The van der Waals surface area contributed by atoms with Gasteiger partial charge >= 0.3 is 5.69 Å². The number of nitro groups is 1. The number of rotatable bonds is 7. The molecule has 0 fully saturated rings. The maximum atomic E-state index is 12.7. The van der Waals surface area contributed by atoms with Crippen LogP contribution in [0.25, 0.3) is 0 Å². The van der Waals surface area contributed by atoms with E-state index in [0.717, 1.165) is 0 Å². The van der Waals surface area contributed by atoms with Crippen molar-refractivity contribution in [2.45, 2.75) is 37.6 Å². The second-order valence-electron chi connectivity index (χ2n) is 4.65. The fourth-order valence-electron chi connectivity index (χ4n) is 2.27. The summed E-state index contributed by atoms with van der Waals surface area (Å²) in [4.78, 5) is 10.3. The highest BCUT2D eigenvalue weighted by Crippen LogP contribution is 2.34. The summed E-state index contributed by atoms with van der Waals surface area (Å²) in [5, 5.41) is 13.9. The van der Waals surface area contributed by atoms with Crippen LogP contribution < -0.4 is 5.32 Å². The van der Waals surface area contributed by atoms with Gasteiger partial charge < -0.3 is 5.32 Å². The van der Waals surface area contributed by atoms with Crippen molar-refractivity contribution in [2.24, 2.45) is 0 Å². The number of sulfonamides is 1. The minimum atomic E-state index is -3.92. The van der Waals surface area contributed by atoms with Gasteiger partial charge in [0.25, 0.3) is 0 Å². The van der Waals surface area contributed by atoms with Gasteiger partial charge in [0, 0.05) is 20.1 Å². The molecule has 0 bridgehead atoms. The summed E-state index contributed by atoms with van der Waals surface area (Å²) >= 11 is 0. The van der Waals surface area contributed by atoms with E-state index in [2.05, 4.69) is 5.32 Å². The summed E-state index contributed by atoms with van der Waals surface area (Å²) in [6.45, 7) is 3.78. The molecule has 0 aromatic heterocycles. The average Bonchev–Trinajstić information content (AvgIpc) is 2.47. The number of nitro benzene ring substituents is 1. The molecule has 0 saturated heterocycles. The highest BCUT2D eigenvalue weighted by Gasteiger charge is 2.34. The first kappa shape index (κ1) is 17.4. The summed E-state index contributed by atoms with van der Waals surface area (Å²) in [6, 6.07) is 4.06. The molecule has 118 valence electrons. The van der Waals surface area contributed by atoms with E-state index in [0.29, 0.717) is 12.8 Å². The number of benzene rings is 1. The molecule has 0 unspecified atom stereocenters. The quantitative estimate of drug-likeness (QED) is 0.616. The Balaban J connectivity index is 3.48. The molecule has 0 spiro atoms. The molecular formula is C13H21N3O4S. The summed E-state index contributed by atoms with van der Waals surface area (Å²) in [6.07, 6.45) is 1.29. The largest absolute Gasteiger partial charge is 0.383 e. The molecule has 0 amide bonds. The molecule has 7 nitrogen and oxygen atoms in total. The average molecular weight is 315 g/mol. The predicted octanol–water partition coefficient (Wildman–Crippen LogP) is 2.45. The zero-order chi connectivity index (χ0) is 16.2. The second kappa shape index (κ2) is 6.86. The van der Waals surface area contributed by atoms with E-state index < -0.39 is 20.6 Å². The van der Waals surface area contributed by atoms with Crippen molar-refractivity contribution in [3.63, 3.8) is 0 Å². The van der Waals surface area contributed by atoms with Crippen LogP contribution in [0.1, 0.15) is 26.7 Å². The number of anilines is 1. The Kier molecular flexibility index (Phi) is 5.68. The van der Waals surface area contributed by atoms with Crippen molar-refractivity contribution in [3.05, 3.63) is 28.3 Å². The Morgan fingerprint density at radius 1 is 1.33 bits per heavy atom. The van der Waals surface area contributed by atoms with Gasteiger partial charge in [0.15, 0.2) is 4.90 Å². The van der Waals surface area contributed by atoms with Gasteiger partial charge in [-0.1, -0.05) is 19.9 Å². The van der Waals surface area contributed by atoms with Gasteiger partial charge in [-0.25, -0.2) is 8.42 Å². The van der Waals surface area contributed by atoms with E-state index in [-0.39, 0.29) is 16.6 Å². The summed E-state index contributed by atoms with van der Waals surface area (Å²) in [5.74, 6) is 0. The molecule has 1 N–H and O–H groups in total. The number of hydrogen-bond acceptors (Lipinski definition) is 5. The second-order valence-corrected chi connectivity index (χ2v) is 6.62. The minimum Gasteiger partial charge on any atom is -0.383 e. The van der Waals surface area contributed by atoms with E-state index in [9.17, 15) is 18.5 Å². The Morgan fingerprint density at radius 3 is 2.33 bits per heavy atom. The standard InChI is InChI=1S/C13H21N3O4S/c1-5-10(6-2)15(4)21(19,20)12-9-7-8-11(14-3)13(12)16(17)18/h7-10,14H,5-6H2,1-4H3. The molecule has 1 rings (SSSR count). The van der Waals surface area contributed by atoms with Crippen LogP contribution in [0.2, 0.25) is 0 Å². The zero-order valence-electron chi connectivity index (χ0n) is 12.7. The van der Waals surface area contributed by atoms with Gasteiger partial charge in [-0.15, -0.1) is 0 Å². The van der Waals surface area contributed by atoms with Crippen LogP contribution in [0.4, 0.5) is 11.4 Å². The fraction of sp³-hybridized carbons (Fsp3) is 0.538. The minimum absolute atomic E-state index is 0.180. The Labute approximate surface area is 125 Å². The predicted molar refractivity (Wildman–Crippen MR) is 82.0 cm³/mol. The van der Waals surface area contributed by atoms with Crippen LogP contribution in [0.5, 0.6) is 0 Å². The van der Waals surface area contributed by atoms with E-state index >= 15 is 0 Å². The van der Waals surface area contributed by atoms with Gasteiger partial charge in [-0.2, -0.15) is 4.31 Å². The summed E-state index contributed by atoms with van der Waals surface area (Å²) in [7, 11) is -0.941. The highest BCUT2D eigenvalue weighted by atomic mass is 32.2. The first-order valence-electron chi connectivity index (χ1n) is 6.74. The molecule has 1 aromatic carbocycles. The van der Waals surface area contributed by atoms with Gasteiger partial charge in [0.2, 0.25) is 10.0 Å². The maximum Gasteiger partial charge on any atom is 0.312 e. The lowest BCUT2D eigenvalue weighted by Gasteiger charge is -2.25. The Morgan fingerprint density at radius 2 is 1.90 bits per heavy atom. The first-order chi connectivity index (χ1) is 9.81. The van der Waals surface area contributed by atoms with Crippen LogP contribution in [-0.2, 0) is 10.0 Å². The van der Waals surface area contributed by atoms with Crippen LogP contribution in [-0.4, -0.2) is 37.8 Å². The van der Waals surface area contributed by atoms with E-state index in [4.69, 9.17) is 0 Å². The zero-order valence-corrected chi connectivity index (χ0v) is 13.5. The van der Waals surface area contributed by atoms with Crippen LogP contribution in [0.15, 0.2) is 23.1 Å². The summed E-state index contributed by atoms with van der Waals surface area (Å²) in [5.41, 5.74) is -0.239. The molecule has 0 atom stereocenters. The van der Waals surface area contributed by atoms with Crippen molar-refractivity contribution >= 4 is 21.4 Å². The van der Waals surface area contributed by atoms with Gasteiger partial charge in [0.1, 0.15) is 5.69 Å². The van der Waals surface area contributed by atoms with Crippen LogP contribution in [0, 0.1) is 10.1 Å². The smallest absolute Gasteiger partial charge is 0.312 e. The number of nitrogens with zero attached hydrogens (tertiary/aromatic N) is 2. The third-order valence-corrected chi connectivity index (χ3v) is 5.51. The highest BCUT2D eigenvalue weighted by molar-refractivity contribution is 7.89. The maximum absolute atomic E-state index is 12.7. The van der Waals surface area contributed by atoms with Crippen LogP contribution >= 0.6 is 0 Å². The molecule has 0 aliphatic rings. The lowest BCUT2D eigenvalue weighted by atomic mass is 10.2. The van der Waals surface area contributed by atoms with Crippen molar-refractivity contribution < 1.29 is 13.3 Å². The van der Waals surface area contributed by atoms with Gasteiger partial charge in [0.05, 0.1) is 4.92 Å². The molecule has 1 aromatic rings. The molecule has 8 heteroatoms. The molecule has 0 radical (unpaired) electrons. The normalized spacial score (nSPS) is 11.9. The monoisotopic (exact) mass is 315 g/mol. The fourth-order valence-corrected chi connectivity index (χ4v) is 3.96. The Bertz CT molecular complexity index is 612. The lowest BCUT2D eigenvalue weighted by Crippen LogP contribution is -2.36. The molecule has 0 aliphatic carbocycles.